The molecule has 1 aromatic carbocycles. The first-order valence-electron chi connectivity index (χ1n) is 6.11. The van der Waals surface area contributed by atoms with E-state index in [9.17, 15) is 9.18 Å². The standard InChI is InChI=1S/C14H15ClFN3O/c1-7-4-9(3)10(5-8(7)2)11-6-12(19-18-11)17-14(20)13(15)16/h4-6,13H,1-3H3,(H2,17,18,19,20). The number of carbonyl (C=O) groups excluding carboxylic acids is 1. The fourth-order valence-corrected chi connectivity index (χ4v) is 2.01. The first-order valence-corrected chi connectivity index (χ1v) is 6.54. The van der Waals surface area contributed by atoms with Gasteiger partial charge < -0.3 is 5.32 Å². The Bertz CT molecular complexity index is 652. The van der Waals surface area contributed by atoms with Gasteiger partial charge in [0.05, 0.1) is 5.69 Å². The summed E-state index contributed by atoms with van der Waals surface area (Å²) in [5.74, 6) is -0.688. The van der Waals surface area contributed by atoms with Gasteiger partial charge in [-0.25, -0.2) is 4.39 Å². The van der Waals surface area contributed by atoms with E-state index in [-0.39, 0.29) is 5.82 Å². The summed E-state index contributed by atoms with van der Waals surface area (Å²) in [6, 6.07) is 5.78. The highest BCUT2D eigenvalue weighted by Gasteiger charge is 2.15. The van der Waals surface area contributed by atoms with Crippen LogP contribution >= 0.6 is 11.6 Å². The Morgan fingerprint density at radius 1 is 1.25 bits per heavy atom. The number of H-pyrrole nitrogens is 1. The van der Waals surface area contributed by atoms with Gasteiger partial charge in [-0.2, -0.15) is 5.10 Å². The summed E-state index contributed by atoms with van der Waals surface area (Å²) < 4.78 is 12.6. The number of nitrogens with one attached hydrogen (secondary N) is 2. The minimum atomic E-state index is -2.08. The summed E-state index contributed by atoms with van der Waals surface area (Å²) in [6.45, 7) is 6.07. The van der Waals surface area contributed by atoms with Crippen molar-refractivity contribution in [3.8, 4) is 11.3 Å². The van der Waals surface area contributed by atoms with Crippen LogP contribution in [0.3, 0.4) is 0 Å². The van der Waals surface area contributed by atoms with Crippen LogP contribution in [-0.2, 0) is 4.79 Å². The molecule has 106 valence electrons. The number of alkyl halides is 2. The van der Waals surface area contributed by atoms with Crippen LogP contribution in [0.5, 0.6) is 0 Å². The molecule has 0 aliphatic rings. The molecule has 2 rings (SSSR count). The van der Waals surface area contributed by atoms with Crippen molar-refractivity contribution in [1.82, 2.24) is 10.2 Å². The van der Waals surface area contributed by atoms with Crippen LogP contribution < -0.4 is 5.32 Å². The van der Waals surface area contributed by atoms with Gasteiger partial charge in [-0.15, -0.1) is 0 Å². The minimum Gasteiger partial charge on any atom is -0.306 e. The lowest BCUT2D eigenvalue weighted by molar-refractivity contribution is -0.118. The van der Waals surface area contributed by atoms with Crippen LogP contribution in [-0.4, -0.2) is 21.7 Å². The minimum absolute atomic E-state index is 0.242. The second-order valence-electron chi connectivity index (χ2n) is 4.71. The molecule has 0 spiro atoms. The Morgan fingerprint density at radius 3 is 2.55 bits per heavy atom. The molecule has 1 heterocycles. The number of halogens is 2. The van der Waals surface area contributed by atoms with E-state index in [1.54, 1.807) is 6.07 Å². The molecule has 0 radical (unpaired) electrons. The number of aromatic amines is 1. The van der Waals surface area contributed by atoms with Gasteiger partial charge in [-0.3, -0.25) is 9.89 Å². The maximum Gasteiger partial charge on any atom is 0.275 e. The number of aromatic nitrogens is 2. The number of carbonyl (C=O) groups is 1. The molecule has 6 heteroatoms. The molecular formula is C14H15ClFN3O. The molecule has 0 bridgehead atoms. The molecule has 2 aromatic rings. The smallest absolute Gasteiger partial charge is 0.275 e. The molecular weight excluding hydrogens is 281 g/mol. The van der Waals surface area contributed by atoms with Crippen LogP contribution in [0.25, 0.3) is 11.3 Å². The number of hydrogen-bond donors (Lipinski definition) is 2. The highest BCUT2D eigenvalue weighted by atomic mass is 35.5. The van der Waals surface area contributed by atoms with E-state index in [2.05, 4.69) is 21.6 Å². The molecule has 0 aliphatic carbocycles. The monoisotopic (exact) mass is 295 g/mol. The third-order valence-corrected chi connectivity index (χ3v) is 3.36. The van der Waals surface area contributed by atoms with E-state index < -0.39 is 11.5 Å². The zero-order valence-electron chi connectivity index (χ0n) is 11.4. The summed E-state index contributed by atoms with van der Waals surface area (Å²) in [4.78, 5) is 11.2. The zero-order chi connectivity index (χ0) is 14.9. The van der Waals surface area contributed by atoms with E-state index in [0.29, 0.717) is 0 Å². The molecule has 0 fully saturated rings. The summed E-state index contributed by atoms with van der Waals surface area (Å²) in [6.07, 6.45) is 0. The Balaban J connectivity index is 2.29. The Hall–Kier alpha value is -1.88. The van der Waals surface area contributed by atoms with Crippen LogP contribution in [0.4, 0.5) is 10.2 Å². The summed E-state index contributed by atoms with van der Waals surface area (Å²) in [7, 11) is 0. The lowest BCUT2D eigenvalue weighted by Crippen LogP contribution is -2.19. The average molecular weight is 296 g/mol. The van der Waals surface area contributed by atoms with Gasteiger partial charge in [-0.05, 0) is 43.5 Å². The fraction of sp³-hybridized carbons (Fsp3) is 0.286. The van der Waals surface area contributed by atoms with E-state index in [0.717, 1.165) is 22.4 Å². The van der Waals surface area contributed by atoms with E-state index in [1.165, 1.54) is 5.56 Å². The number of aryl methyl sites for hydroxylation is 3. The van der Waals surface area contributed by atoms with Gasteiger partial charge in [-0.1, -0.05) is 17.7 Å². The first-order chi connectivity index (χ1) is 9.38. The Labute approximate surface area is 121 Å². The maximum atomic E-state index is 12.6. The predicted octanol–water partition coefficient (Wildman–Crippen LogP) is 3.47. The third-order valence-electron chi connectivity index (χ3n) is 3.16. The van der Waals surface area contributed by atoms with Gasteiger partial charge in [0, 0.05) is 11.6 Å². The van der Waals surface area contributed by atoms with Crippen molar-refractivity contribution in [3.63, 3.8) is 0 Å². The molecule has 1 unspecified atom stereocenters. The van der Waals surface area contributed by atoms with Gasteiger partial charge in [0.1, 0.15) is 0 Å². The van der Waals surface area contributed by atoms with Crippen molar-refractivity contribution < 1.29 is 9.18 Å². The number of nitrogens with zero attached hydrogens (tertiary/aromatic N) is 1. The number of hydrogen-bond acceptors (Lipinski definition) is 2. The number of benzene rings is 1. The lowest BCUT2D eigenvalue weighted by Gasteiger charge is -2.07. The SMILES string of the molecule is Cc1cc(C)c(-c2cc(NC(=O)C(F)Cl)n[nH]2)cc1C. The highest BCUT2D eigenvalue weighted by Crippen LogP contribution is 2.26. The van der Waals surface area contributed by atoms with Crippen molar-refractivity contribution in [1.29, 1.82) is 0 Å². The van der Waals surface area contributed by atoms with E-state index in [1.807, 2.05) is 26.8 Å². The molecule has 20 heavy (non-hydrogen) atoms. The molecule has 1 aromatic heterocycles. The van der Waals surface area contributed by atoms with Gasteiger partial charge in [0.15, 0.2) is 5.82 Å². The van der Waals surface area contributed by atoms with Crippen LogP contribution in [0.1, 0.15) is 16.7 Å². The highest BCUT2D eigenvalue weighted by molar-refractivity contribution is 6.31. The largest absolute Gasteiger partial charge is 0.306 e. The number of anilines is 1. The van der Waals surface area contributed by atoms with Gasteiger partial charge in [0.2, 0.25) is 0 Å². The van der Waals surface area contributed by atoms with E-state index >= 15 is 0 Å². The van der Waals surface area contributed by atoms with Crippen LogP contribution in [0.2, 0.25) is 0 Å². The van der Waals surface area contributed by atoms with Crippen LogP contribution in [0.15, 0.2) is 18.2 Å². The first kappa shape index (κ1) is 14.5. The molecule has 0 saturated carbocycles. The molecule has 1 amide bonds. The molecule has 4 nitrogen and oxygen atoms in total. The summed E-state index contributed by atoms with van der Waals surface area (Å²) >= 11 is 5.05. The predicted molar refractivity (Wildman–Crippen MR) is 77.6 cm³/mol. The van der Waals surface area contributed by atoms with Crippen molar-refractivity contribution in [3.05, 3.63) is 34.9 Å². The second kappa shape index (κ2) is 5.63. The average Bonchev–Trinajstić information content (AvgIpc) is 2.82. The Kier molecular flexibility index (Phi) is 4.09. The molecule has 1 atom stereocenters. The van der Waals surface area contributed by atoms with Crippen LogP contribution in [0, 0.1) is 20.8 Å². The number of rotatable bonds is 3. The topological polar surface area (TPSA) is 57.8 Å². The fourth-order valence-electron chi connectivity index (χ4n) is 1.96. The molecule has 0 saturated heterocycles. The van der Waals surface area contributed by atoms with Crippen molar-refractivity contribution in [2.24, 2.45) is 0 Å². The second-order valence-corrected chi connectivity index (χ2v) is 5.09. The van der Waals surface area contributed by atoms with Crippen molar-refractivity contribution >= 4 is 23.3 Å². The normalized spacial score (nSPS) is 12.2. The summed E-state index contributed by atoms with van der Waals surface area (Å²) in [5, 5.41) is 9.04. The number of amides is 1. The lowest BCUT2D eigenvalue weighted by atomic mass is 9.99. The molecule has 2 N–H and O–H groups in total. The van der Waals surface area contributed by atoms with Crippen molar-refractivity contribution in [2.75, 3.05) is 5.32 Å². The zero-order valence-corrected chi connectivity index (χ0v) is 12.2. The van der Waals surface area contributed by atoms with Crippen molar-refractivity contribution in [2.45, 2.75) is 26.4 Å². The molecule has 0 aliphatic heterocycles. The van der Waals surface area contributed by atoms with E-state index in [4.69, 9.17) is 11.6 Å². The Morgan fingerprint density at radius 2 is 1.90 bits per heavy atom. The van der Waals surface area contributed by atoms with Gasteiger partial charge >= 0.3 is 0 Å². The summed E-state index contributed by atoms with van der Waals surface area (Å²) in [5.41, 5.74) is 3.13. The van der Waals surface area contributed by atoms with Gasteiger partial charge in [0.25, 0.3) is 11.5 Å². The quantitative estimate of drug-likeness (QED) is 0.852. The third kappa shape index (κ3) is 2.99. The maximum absolute atomic E-state index is 12.6.